The molecule has 1 aliphatic rings. The van der Waals surface area contributed by atoms with Crippen LogP contribution in [0.1, 0.15) is 41.3 Å². The fraction of sp³-hybridized carbons (Fsp3) is 0.471. The maximum absolute atomic E-state index is 12.3. The van der Waals surface area contributed by atoms with E-state index in [1.807, 2.05) is 19.9 Å². The van der Waals surface area contributed by atoms with Gasteiger partial charge in [-0.15, -0.1) is 0 Å². The van der Waals surface area contributed by atoms with Crippen molar-refractivity contribution in [3.05, 3.63) is 34.9 Å². The summed E-state index contributed by atoms with van der Waals surface area (Å²) < 4.78 is 0. The first-order chi connectivity index (χ1) is 10.8. The number of carboxylic acid groups (broad SMARTS) is 1. The van der Waals surface area contributed by atoms with Gasteiger partial charge >= 0.3 is 5.97 Å². The van der Waals surface area contributed by atoms with Crippen molar-refractivity contribution in [2.24, 2.45) is 0 Å². The molecule has 1 aliphatic carbocycles. The number of carbonyl (C=O) groups excluding carboxylic acids is 2. The lowest BCUT2D eigenvalue weighted by Crippen LogP contribution is -2.48. The standard InChI is InChI=1S/C17H22N2O4/c1-10-6-11(2)8-13(7-10)16(21)18-9-15(20)19(14-4-5-14)12(3)17(22)23/h6-8,12,14H,4-5,9H2,1-3H3,(H,18,21)(H,22,23). The molecule has 2 N–H and O–H groups in total. The highest BCUT2D eigenvalue weighted by atomic mass is 16.4. The Bertz CT molecular complexity index is 617. The number of rotatable bonds is 6. The number of carbonyl (C=O) groups is 3. The van der Waals surface area contributed by atoms with Crippen LogP contribution in [0.15, 0.2) is 18.2 Å². The first-order valence-corrected chi connectivity index (χ1v) is 7.70. The molecule has 6 nitrogen and oxygen atoms in total. The Morgan fingerprint density at radius 1 is 1.22 bits per heavy atom. The van der Waals surface area contributed by atoms with Crippen molar-refractivity contribution >= 4 is 17.8 Å². The van der Waals surface area contributed by atoms with Crippen molar-refractivity contribution < 1.29 is 19.5 Å². The van der Waals surface area contributed by atoms with Crippen LogP contribution in [0.4, 0.5) is 0 Å². The van der Waals surface area contributed by atoms with Crippen LogP contribution in [-0.2, 0) is 9.59 Å². The lowest BCUT2D eigenvalue weighted by Gasteiger charge is -2.26. The zero-order valence-electron chi connectivity index (χ0n) is 13.6. The molecule has 2 rings (SSSR count). The van der Waals surface area contributed by atoms with Crippen LogP contribution < -0.4 is 5.32 Å². The molecule has 0 saturated heterocycles. The molecule has 1 fully saturated rings. The fourth-order valence-corrected chi connectivity index (χ4v) is 2.66. The summed E-state index contributed by atoms with van der Waals surface area (Å²) in [5.41, 5.74) is 2.45. The number of benzene rings is 1. The fourth-order valence-electron chi connectivity index (χ4n) is 2.66. The molecule has 0 radical (unpaired) electrons. The Labute approximate surface area is 135 Å². The summed E-state index contributed by atoms with van der Waals surface area (Å²) in [5, 5.41) is 11.7. The number of hydrogen-bond acceptors (Lipinski definition) is 3. The average Bonchev–Trinajstić information content (AvgIpc) is 3.28. The van der Waals surface area contributed by atoms with Crippen molar-refractivity contribution in [2.45, 2.75) is 45.7 Å². The molecule has 0 heterocycles. The third-order valence-corrected chi connectivity index (χ3v) is 3.89. The van der Waals surface area contributed by atoms with Crippen LogP contribution >= 0.6 is 0 Å². The van der Waals surface area contributed by atoms with E-state index in [2.05, 4.69) is 5.32 Å². The smallest absolute Gasteiger partial charge is 0.326 e. The molecule has 23 heavy (non-hydrogen) atoms. The Morgan fingerprint density at radius 2 is 1.78 bits per heavy atom. The van der Waals surface area contributed by atoms with Gasteiger partial charge in [-0.1, -0.05) is 17.2 Å². The maximum atomic E-state index is 12.3. The van der Waals surface area contributed by atoms with E-state index in [4.69, 9.17) is 5.11 Å². The van der Waals surface area contributed by atoms with Crippen molar-refractivity contribution in [1.82, 2.24) is 10.2 Å². The molecule has 1 unspecified atom stereocenters. The molecule has 124 valence electrons. The highest BCUT2D eigenvalue weighted by molar-refractivity contribution is 5.97. The molecule has 0 bridgehead atoms. The van der Waals surface area contributed by atoms with E-state index in [-0.39, 0.29) is 24.4 Å². The number of aliphatic carboxylic acids is 1. The van der Waals surface area contributed by atoms with E-state index < -0.39 is 12.0 Å². The number of hydrogen-bond donors (Lipinski definition) is 2. The van der Waals surface area contributed by atoms with Crippen LogP contribution in [0.5, 0.6) is 0 Å². The maximum Gasteiger partial charge on any atom is 0.326 e. The lowest BCUT2D eigenvalue weighted by atomic mass is 10.1. The predicted octanol–water partition coefficient (Wildman–Crippen LogP) is 1.50. The zero-order valence-corrected chi connectivity index (χ0v) is 13.6. The van der Waals surface area contributed by atoms with Crippen LogP contribution in [-0.4, -0.2) is 46.4 Å². The third kappa shape index (κ3) is 4.31. The largest absolute Gasteiger partial charge is 0.480 e. The van der Waals surface area contributed by atoms with E-state index in [1.54, 1.807) is 12.1 Å². The number of nitrogens with one attached hydrogen (secondary N) is 1. The molecular formula is C17H22N2O4. The summed E-state index contributed by atoms with van der Waals surface area (Å²) in [4.78, 5) is 37.0. The van der Waals surface area contributed by atoms with Gasteiger partial charge in [0.1, 0.15) is 6.04 Å². The van der Waals surface area contributed by atoms with E-state index in [0.29, 0.717) is 5.56 Å². The van der Waals surface area contributed by atoms with E-state index >= 15 is 0 Å². The second-order valence-electron chi connectivity index (χ2n) is 6.11. The topological polar surface area (TPSA) is 86.7 Å². The Kier molecular flexibility index (Phi) is 5.03. The summed E-state index contributed by atoms with van der Waals surface area (Å²) in [6.07, 6.45) is 1.63. The summed E-state index contributed by atoms with van der Waals surface area (Å²) in [6.45, 7) is 5.10. The molecule has 1 atom stereocenters. The number of amides is 2. The number of aryl methyl sites for hydroxylation is 2. The minimum absolute atomic E-state index is 0.0216. The van der Waals surface area contributed by atoms with Crippen molar-refractivity contribution in [3.63, 3.8) is 0 Å². The zero-order chi connectivity index (χ0) is 17.1. The molecule has 1 saturated carbocycles. The van der Waals surface area contributed by atoms with Gasteiger partial charge in [-0.2, -0.15) is 0 Å². The van der Waals surface area contributed by atoms with Crippen molar-refractivity contribution in [1.29, 1.82) is 0 Å². The molecule has 0 aromatic heterocycles. The van der Waals surface area contributed by atoms with Gasteiger partial charge in [0.2, 0.25) is 5.91 Å². The summed E-state index contributed by atoms with van der Waals surface area (Å²) in [6, 6.07) is 4.57. The summed E-state index contributed by atoms with van der Waals surface area (Å²) >= 11 is 0. The number of carboxylic acids is 1. The van der Waals surface area contributed by atoms with Crippen molar-refractivity contribution in [3.8, 4) is 0 Å². The van der Waals surface area contributed by atoms with Gasteiger partial charge in [0.05, 0.1) is 6.54 Å². The van der Waals surface area contributed by atoms with E-state index in [0.717, 1.165) is 24.0 Å². The van der Waals surface area contributed by atoms with Gasteiger partial charge in [-0.25, -0.2) is 4.79 Å². The summed E-state index contributed by atoms with van der Waals surface area (Å²) in [7, 11) is 0. The normalized spacial score (nSPS) is 14.9. The molecule has 1 aromatic carbocycles. The third-order valence-electron chi connectivity index (χ3n) is 3.89. The molecular weight excluding hydrogens is 296 g/mol. The molecule has 6 heteroatoms. The summed E-state index contributed by atoms with van der Waals surface area (Å²) in [5.74, 6) is -1.73. The van der Waals surface area contributed by atoms with Gasteiger partial charge in [0.15, 0.2) is 0 Å². The molecule has 1 aromatic rings. The highest BCUT2D eigenvalue weighted by Crippen LogP contribution is 2.28. The Hall–Kier alpha value is -2.37. The van der Waals surface area contributed by atoms with Crippen LogP contribution in [0.25, 0.3) is 0 Å². The molecule has 0 aliphatic heterocycles. The highest BCUT2D eigenvalue weighted by Gasteiger charge is 2.38. The lowest BCUT2D eigenvalue weighted by molar-refractivity contribution is -0.149. The van der Waals surface area contributed by atoms with Crippen LogP contribution in [0.3, 0.4) is 0 Å². The monoisotopic (exact) mass is 318 g/mol. The minimum atomic E-state index is -1.04. The Morgan fingerprint density at radius 3 is 2.26 bits per heavy atom. The second kappa shape index (κ2) is 6.81. The SMILES string of the molecule is Cc1cc(C)cc(C(=O)NCC(=O)N(C2CC2)C(C)C(=O)O)c1. The first kappa shape index (κ1) is 17.0. The van der Waals surface area contributed by atoms with Gasteiger partial charge in [0.25, 0.3) is 5.91 Å². The van der Waals surface area contributed by atoms with Gasteiger partial charge < -0.3 is 15.3 Å². The average molecular weight is 318 g/mol. The predicted molar refractivity (Wildman–Crippen MR) is 85.2 cm³/mol. The van der Waals surface area contributed by atoms with Crippen molar-refractivity contribution in [2.75, 3.05) is 6.54 Å². The van der Waals surface area contributed by atoms with E-state index in [9.17, 15) is 14.4 Å². The first-order valence-electron chi connectivity index (χ1n) is 7.70. The van der Waals surface area contributed by atoms with Gasteiger partial charge in [-0.05, 0) is 45.7 Å². The number of nitrogens with zero attached hydrogens (tertiary/aromatic N) is 1. The second-order valence-corrected chi connectivity index (χ2v) is 6.11. The molecule has 2 amide bonds. The van der Waals surface area contributed by atoms with Crippen LogP contribution in [0, 0.1) is 13.8 Å². The quantitative estimate of drug-likeness (QED) is 0.832. The Balaban J connectivity index is 1.99. The van der Waals surface area contributed by atoms with E-state index in [1.165, 1.54) is 11.8 Å². The van der Waals surface area contributed by atoms with Crippen LogP contribution in [0.2, 0.25) is 0 Å². The van der Waals surface area contributed by atoms with Gasteiger partial charge in [0, 0.05) is 11.6 Å². The molecule has 0 spiro atoms. The van der Waals surface area contributed by atoms with Gasteiger partial charge in [-0.3, -0.25) is 9.59 Å². The minimum Gasteiger partial charge on any atom is -0.480 e.